The number of anilines is 1. The molecule has 160 valence electrons. The Labute approximate surface area is 182 Å². The van der Waals surface area contributed by atoms with Crippen LogP contribution in [-0.2, 0) is 28.9 Å². The third-order valence-corrected chi connectivity index (χ3v) is 7.45. The molecule has 0 saturated carbocycles. The highest BCUT2D eigenvalue weighted by Gasteiger charge is 2.30. The van der Waals surface area contributed by atoms with Crippen molar-refractivity contribution in [3.8, 4) is 0 Å². The third-order valence-electron chi connectivity index (χ3n) is 6.24. The van der Waals surface area contributed by atoms with Crippen LogP contribution in [-0.4, -0.2) is 37.0 Å². The SMILES string of the molecule is COC(=O)c1c(NC(=O)C2CCN(Cc3cccc(C)c3)CC2)sc2c1CCCC2. The summed E-state index contributed by atoms with van der Waals surface area (Å²) in [6.45, 7) is 4.87. The number of carbonyl (C=O) groups excluding carboxylic acids is 2. The lowest BCUT2D eigenvalue weighted by Gasteiger charge is -2.31. The molecule has 1 fully saturated rings. The molecule has 4 rings (SSSR count). The number of nitrogens with one attached hydrogen (secondary N) is 1. The number of piperidine rings is 1. The molecule has 0 atom stereocenters. The van der Waals surface area contributed by atoms with Gasteiger partial charge in [-0.05, 0) is 69.7 Å². The van der Waals surface area contributed by atoms with E-state index >= 15 is 0 Å². The van der Waals surface area contributed by atoms with Gasteiger partial charge < -0.3 is 10.1 Å². The van der Waals surface area contributed by atoms with Crippen molar-refractivity contribution >= 4 is 28.2 Å². The number of hydrogen-bond donors (Lipinski definition) is 1. The van der Waals surface area contributed by atoms with E-state index in [9.17, 15) is 9.59 Å². The van der Waals surface area contributed by atoms with Gasteiger partial charge in [0.25, 0.3) is 0 Å². The minimum atomic E-state index is -0.335. The molecule has 1 N–H and O–H groups in total. The van der Waals surface area contributed by atoms with Gasteiger partial charge in [0.05, 0.1) is 12.7 Å². The smallest absolute Gasteiger partial charge is 0.341 e. The number of esters is 1. The molecule has 0 unspecified atom stereocenters. The van der Waals surface area contributed by atoms with Crippen molar-refractivity contribution in [2.45, 2.75) is 52.0 Å². The maximum absolute atomic E-state index is 13.0. The Balaban J connectivity index is 1.38. The van der Waals surface area contributed by atoms with Crippen LogP contribution in [0.25, 0.3) is 0 Å². The predicted molar refractivity (Wildman–Crippen MR) is 120 cm³/mol. The molecule has 1 amide bonds. The van der Waals surface area contributed by atoms with Crippen LogP contribution in [0.1, 0.15) is 57.6 Å². The zero-order chi connectivity index (χ0) is 21.1. The first kappa shape index (κ1) is 21.1. The minimum Gasteiger partial charge on any atom is -0.465 e. The van der Waals surface area contributed by atoms with Gasteiger partial charge in [-0.2, -0.15) is 0 Å². The molecular formula is C24H30N2O3S. The number of benzene rings is 1. The molecule has 6 heteroatoms. The molecule has 1 aliphatic heterocycles. The summed E-state index contributed by atoms with van der Waals surface area (Å²) in [5.74, 6) is -0.310. The normalized spacial score (nSPS) is 17.4. The van der Waals surface area contributed by atoms with E-state index in [1.807, 2.05) is 0 Å². The topological polar surface area (TPSA) is 58.6 Å². The van der Waals surface area contributed by atoms with Crippen molar-refractivity contribution in [2.24, 2.45) is 5.92 Å². The van der Waals surface area contributed by atoms with Crippen LogP contribution in [0.5, 0.6) is 0 Å². The summed E-state index contributed by atoms with van der Waals surface area (Å²) in [7, 11) is 1.41. The molecule has 30 heavy (non-hydrogen) atoms. The number of methoxy groups -OCH3 is 1. The quantitative estimate of drug-likeness (QED) is 0.712. The molecule has 1 saturated heterocycles. The van der Waals surface area contributed by atoms with E-state index in [0.717, 1.165) is 63.7 Å². The zero-order valence-corrected chi connectivity index (χ0v) is 18.6. The van der Waals surface area contributed by atoms with Crippen LogP contribution in [0.4, 0.5) is 5.00 Å². The maximum atomic E-state index is 13.0. The van der Waals surface area contributed by atoms with E-state index in [2.05, 4.69) is 41.4 Å². The van der Waals surface area contributed by atoms with Crippen molar-refractivity contribution < 1.29 is 14.3 Å². The first-order valence-electron chi connectivity index (χ1n) is 10.9. The summed E-state index contributed by atoms with van der Waals surface area (Å²) >= 11 is 1.56. The number of ether oxygens (including phenoxy) is 1. The maximum Gasteiger partial charge on any atom is 0.341 e. The molecule has 0 radical (unpaired) electrons. The summed E-state index contributed by atoms with van der Waals surface area (Å²) < 4.78 is 5.02. The predicted octanol–water partition coefficient (Wildman–Crippen LogP) is 4.57. The fourth-order valence-electron chi connectivity index (χ4n) is 4.61. The fourth-order valence-corrected chi connectivity index (χ4v) is 5.89. The highest BCUT2D eigenvalue weighted by molar-refractivity contribution is 7.17. The van der Waals surface area contributed by atoms with Crippen LogP contribution in [0.3, 0.4) is 0 Å². The molecule has 0 spiro atoms. The van der Waals surface area contributed by atoms with E-state index in [-0.39, 0.29) is 17.8 Å². The number of hydrogen-bond acceptors (Lipinski definition) is 5. The van der Waals surface area contributed by atoms with Crippen molar-refractivity contribution in [2.75, 3.05) is 25.5 Å². The Morgan fingerprint density at radius 3 is 2.70 bits per heavy atom. The second-order valence-corrected chi connectivity index (χ2v) is 9.54. The summed E-state index contributed by atoms with van der Waals surface area (Å²) in [6, 6.07) is 8.61. The van der Waals surface area contributed by atoms with Crippen molar-refractivity contribution in [3.05, 3.63) is 51.4 Å². The molecule has 2 heterocycles. The zero-order valence-electron chi connectivity index (χ0n) is 17.8. The van der Waals surface area contributed by atoms with E-state index in [1.54, 1.807) is 11.3 Å². The Kier molecular flexibility index (Phi) is 6.54. The average Bonchev–Trinajstić information content (AvgIpc) is 3.11. The lowest BCUT2D eigenvalue weighted by atomic mass is 9.94. The molecule has 1 aromatic heterocycles. The van der Waals surface area contributed by atoms with Gasteiger partial charge >= 0.3 is 5.97 Å². The van der Waals surface area contributed by atoms with Gasteiger partial charge in [-0.25, -0.2) is 4.79 Å². The molecule has 0 bridgehead atoms. The van der Waals surface area contributed by atoms with Gasteiger partial charge in [0.1, 0.15) is 5.00 Å². The van der Waals surface area contributed by atoms with Crippen LogP contribution >= 0.6 is 11.3 Å². The van der Waals surface area contributed by atoms with Crippen molar-refractivity contribution in [3.63, 3.8) is 0 Å². The number of thiophene rings is 1. The summed E-state index contributed by atoms with van der Waals surface area (Å²) in [4.78, 5) is 29.0. The summed E-state index contributed by atoms with van der Waals surface area (Å²) in [6.07, 6.45) is 5.79. The lowest BCUT2D eigenvalue weighted by Crippen LogP contribution is -2.37. The van der Waals surface area contributed by atoms with Crippen LogP contribution in [0.2, 0.25) is 0 Å². The monoisotopic (exact) mass is 426 g/mol. The second-order valence-electron chi connectivity index (χ2n) is 8.44. The summed E-state index contributed by atoms with van der Waals surface area (Å²) in [5.41, 5.74) is 4.27. The third kappa shape index (κ3) is 4.60. The number of amides is 1. The number of aryl methyl sites for hydroxylation is 2. The number of likely N-dealkylation sites (tertiary alicyclic amines) is 1. The van der Waals surface area contributed by atoms with Gasteiger partial charge in [0.2, 0.25) is 5.91 Å². The first-order chi connectivity index (χ1) is 14.5. The van der Waals surface area contributed by atoms with Crippen molar-refractivity contribution in [1.82, 2.24) is 4.90 Å². The number of rotatable bonds is 5. The molecule has 1 aromatic carbocycles. The van der Waals surface area contributed by atoms with E-state index in [0.29, 0.717) is 10.6 Å². The Morgan fingerprint density at radius 1 is 1.20 bits per heavy atom. The minimum absolute atomic E-state index is 0.0108. The number of carbonyl (C=O) groups is 2. The van der Waals surface area contributed by atoms with Gasteiger partial charge in [0.15, 0.2) is 0 Å². The van der Waals surface area contributed by atoms with Crippen LogP contribution in [0.15, 0.2) is 24.3 Å². The van der Waals surface area contributed by atoms with Gasteiger partial charge in [-0.3, -0.25) is 9.69 Å². The van der Waals surface area contributed by atoms with Gasteiger partial charge in [-0.15, -0.1) is 11.3 Å². The van der Waals surface area contributed by atoms with Crippen LogP contribution < -0.4 is 5.32 Å². The largest absolute Gasteiger partial charge is 0.465 e. The lowest BCUT2D eigenvalue weighted by molar-refractivity contribution is -0.121. The molecule has 5 nitrogen and oxygen atoms in total. The Bertz CT molecular complexity index is 929. The molecule has 2 aromatic rings. The van der Waals surface area contributed by atoms with Crippen LogP contribution in [0, 0.1) is 12.8 Å². The molecular weight excluding hydrogens is 396 g/mol. The highest BCUT2D eigenvalue weighted by Crippen LogP contribution is 2.39. The Morgan fingerprint density at radius 2 is 1.97 bits per heavy atom. The Hall–Kier alpha value is -2.18. The molecule has 2 aliphatic rings. The number of fused-ring (bicyclic) bond motifs is 1. The van der Waals surface area contributed by atoms with E-state index in [1.165, 1.54) is 23.1 Å². The second kappa shape index (κ2) is 9.31. The molecule has 1 aliphatic carbocycles. The van der Waals surface area contributed by atoms with Crippen molar-refractivity contribution in [1.29, 1.82) is 0 Å². The first-order valence-corrected chi connectivity index (χ1v) is 11.7. The summed E-state index contributed by atoms with van der Waals surface area (Å²) in [5, 5.41) is 3.77. The van der Waals surface area contributed by atoms with E-state index in [4.69, 9.17) is 4.74 Å². The average molecular weight is 427 g/mol. The highest BCUT2D eigenvalue weighted by atomic mass is 32.1. The van der Waals surface area contributed by atoms with E-state index < -0.39 is 0 Å². The van der Waals surface area contributed by atoms with Gasteiger partial charge in [-0.1, -0.05) is 29.8 Å². The standard InChI is InChI=1S/C24H30N2O3S/c1-16-6-5-7-17(14-16)15-26-12-10-18(11-13-26)22(27)25-23-21(24(28)29-2)19-8-3-4-9-20(19)30-23/h5-7,14,18H,3-4,8-13,15H2,1-2H3,(H,25,27). The number of nitrogens with zero attached hydrogens (tertiary/aromatic N) is 1. The van der Waals surface area contributed by atoms with Gasteiger partial charge in [0, 0.05) is 17.3 Å². The fraction of sp³-hybridized carbons (Fsp3) is 0.500.